The minimum atomic E-state index is -1.11. The highest BCUT2D eigenvalue weighted by Gasteiger charge is 2.23. The fourth-order valence-electron chi connectivity index (χ4n) is 0.981. The van der Waals surface area contributed by atoms with Crippen LogP contribution >= 0.6 is 12.6 Å². The Bertz CT molecular complexity index is 376. The Balaban J connectivity index is 3.18. The van der Waals surface area contributed by atoms with E-state index in [4.69, 9.17) is 0 Å². The molecule has 1 atom stereocenters. The number of nitrogens with zero attached hydrogens (tertiary/aromatic N) is 1. The highest BCUT2D eigenvalue weighted by molar-refractivity contribution is 7.82. The minimum absolute atomic E-state index is 0.0574. The highest BCUT2D eigenvalue weighted by Crippen LogP contribution is 2.27. The average molecular weight is 210 g/mol. The number of benzene rings is 1. The first kappa shape index (κ1) is 10.7. The van der Waals surface area contributed by atoms with Crippen molar-refractivity contribution in [3.63, 3.8) is 0 Å². The van der Waals surface area contributed by atoms with Gasteiger partial charge >= 0.3 is 0 Å². The van der Waals surface area contributed by atoms with Crippen molar-refractivity contribution in [1.29, 1.82) is 0 Å². The Hall–Kier alpha value is -1.36. The van der Waals surface area contributed by atoms with Crippen LogP contribution in [0.1, 0.15) is 12.5 Å². The zero-order valence-electron chi connectivity index (χ0n) is 7.43. The summed E-state index contributed by atoms with van der Waals surface area (Å²) in [7, 11) is 0. The zero-order chi connectivity index (χ0) is 10.8. The Morgan fingerprint density at radius 3 is 2.71 bits per heavy atom. The van der Waals surface area contributed by atoms with Crippen LogP contribution in [0.3, 0.4) is 0 Å². The Kier molecular flexibility index (Phi) is 2.90. The fraction of sp³-hybridized carbons (Fsp3) is 0.222. The summed E-state index contributed by atoms with van der Waals surface area (Å²) >= 11 is 4.05. The van der Waals surface area contributed by atoms with Crippen LogP contribution in [0.15, 0.2) is 24.3 Å². The molecule has 0 aliphatic carbocycles. The summed E-state index contributed by atoms with van der Waals surface area (Å²) in [4.78, 5) is 20.5. The predicted molar refractivity (Wildman–Crippen MR) is 55.1 cm³/mol. The number of rotatable bonds is 3. The van der Waals surface area contributed by atoms with Crippen molar-refractivity contribution in [1.82, 2.24) is 0 Å². The molecule has 5 heteroatoms. The molecule has 0 heterocycles. The van der Waals surface area contributed by atoms with Gasteiger partial charge in [-0.25, -0.2) is 0 Å². The molecule has 1 aromatic rings. The highest BCUT2D eigenvalue weighted by atomic mass is 32.1. The van der Waals surface area contributed by atoms with Gasteiger partial charge in [-0.3, -0.25) is 14.9 Å². The number of hydrogen-bond donors (Lipinski definition) is 1. The molecule has 73 valence electrons. The molecule has 0 amide bonds. The van der Waals surface area contributed by atoms with Crippen molar-refractivity contribution in [2.24, 2.45) is 0 Å². The molecule has 0 saturated carbocycles. The standard InChI is InChI=1S/C9H8NO3S/c1-9(14,6-11)7-3-2-4-8(5-7)10(12)13/h2-5,14H,1H3. The largest absolute Gasteiger partial charge is 0.289 e. The summed E-state index contributed by atoms with van der Waals surface area (Å²) in [5.74, 6) is 0. The minimum Gasteiger partial charge on any atom is -0.289 e. The quantitative estimate of drug-likeness (QED) is 0.470. The van der Waals surface area contributed by atoms with Crippen molar-refractivity contribution >= 4 is 24.6 Å². The molecule has 4 nitrogen and oxygen atoms in total. The molecule has 0 saturated heterocycles. The molecule has 0 bridgehead atoms. The lowest BCUT2D eigenvalue weighted by Crippen LogP contribution is -2.15. The van der Waals surface area contributed by atoms with Crippen molar-refractivity contribution in [3.05, 3.63) is 39.9 Å². The van der Waals surface area contributed by atoms with E-state index in [-0.39, 0.29) is 5.69 Å². The first-order valence-corrected chi connectivity index (χ1v) is 4.29. The Labute approximate surface area is 86.5 Å². The first-order chi connectivity index (χ1) is 6.47. The second-order valence-corrected chi connectivity index (χ2v) is 3.88. The van der Waals surface area contributed by atoms with Gasteiger partial charge in [0, 0.05) is 12.1 Å². The first-order valence-electron chi connectivity index (χ1n) is 3.84. The van der Waals surface area contributed by atoms with Crippen molar-refractivity contribution in [2.75, 3.05) is 0 Å². The van der Waals surface area contributed by atoms with E-state index in [2.05, 4.69) is 12.6 Å². The Morgan fingerprint density at radius 1 is 1.57 bits per heavy atom. The lowest BCUT2D eigenvalue weighted by atomic mass is 10.0. The van der Waals surface area contributed by atoms with Gasteiger partial charge in [-0.2, -0.15) is 12.6 Å². The number of nitro groups is 1. The maximum atomic E-state index is 10.5. The van der Waals surface area contributed by atoms with Gasteiger partial charge in [0.1, 0.15) is 4.75 Å². The molecular formula is C9H8NO3S. The summed E-state index contributed by atoms with van der Waals surface area (Å²) < 4.78 is -1.11. The van der Waals surface area contributed by atoms with Crippen LogP contribution in [-0.4, -0.2) is 11.2 Å². The van der Waals surface area contributed by atoms with E-state index in [1.165, 1.54) is 25.1 Å². The van der Waals surface area contributed by atoms with Gasteiger partial charge in [-0.05, 0) is 12.5 Å². The van der Waals surface area contributed by atoms with E-state index in [1.54, 1.807) is 12.4 Å². The number of thiol groups is 1. The molecule has 0 aliphatic heterocycles. The lowest BCUT2D eigenvalue weighted by molar-refractivity contribution is -0.384. The van der Waals surface area contributed by atoms with Crippen molar-refractivity contribution in [3.8, 4) is 0 Å². The summed E-state index contributed by atoms with van der Waals surface area (Å²) in [5.41, 5.74) is 0.406. The van der Waals surface area contributed by atoms with Gasteiger partial charge in [0.25, 0.3) is 5.69 Å². The molecular weight excluding hydrogens is 202 g/mol. The third-order valence-electron chi connectivity index (χ3n) is 1.82. The summed E-state index contributed by atoms with van der Waals surface area (Å²) in [5, 5.41) is 10.5. The zero-order valence-corrected chi connectivity index (χ0v) is 8.32. The molecule has 1 aromatic carbocycles. The van der Waals surface area contributed by atoms with E-state index >= 15 is 0 Å². The number of nitro benzene ring substituents is 1. The van der Waals surface area contributed by atoms with Gasteiger partial charge < -0.3 is 0 Å². The third-order valence-corrected chi connectivity index (χ3v) is 2.17. The normalized spacial score (nSPS) is 14.4. The molecule has 1 unspecified atom stereocenters. The summed E-state index contributed by atoms with van der Waals surface area (Å²) in [6.07, 6.45) is 1.72. The topological polar surface area (TPSA) is 60.2 Å². The summed E-state index contributed by atoms with van der Waals surface area (Å²) in [6.45, 7) is 1.53. The van der Waals surface area contributed by atoms with E-state index < -0.39 is 9.67 Å². The molecule has 0 aliphatic rings. The molecule has 14 heavy (non-hydrogen) atoms. The number of non-ortho nitro benzene ring substituents is 1. The van der Waals surface area contributed by atoms with Crippen LogP contribution in [0.4, 0.5) is 5.69 Å². The average Bonchev–Trinajstić information content (AvgIpc) is 2.18. The van der Waals surface area contributed by atoms with Gasteiger partial charge in [-0.15, -0.1) is 0 Å². The second kappa shape index (κ2) is 3.79. The molecule has 0 spiro atoms. The van der Waals surface area contributed by atoms with Gasteiger partial charge in [0.15, 0.2) is 0 Å². The number of hydrogen-bond acceptors (Lipinski definition) is 4. The predicted octanol–water partition coefficient (Wildman–Crippen LogP) is 1.85. The molecule has 1 rings (SSSR count). The van der Waals surface area contributed by atoms with Crippen LogP contribution < -0.4 is 0 Å². The van der Waals surface area contributed by atoms with E-state index in [1.807, 2.05) is 0 Å². The summed E-state index contributed by atoms with van der Waals surface area (Å²) in [6, 6.07) is 5.79. The van der Waals surface area contributed by atoms with Crippen LogP contribution in [-0.2, 0) is 9.54 Å². The molecule has 1 radical (unpaired) electrons. The van der Waals surface area contributed by atoms with Crippen molar-refractivity contribution in [2.45, 2.75) is 11.7 Å². The van der Waals surface area contributed by atoms with Crippen LogP contribution in [0.5, 0.6) is 0 Å². The maximum absolute atomic E-state index is 10.5. The second-order valence-electron chi connectivity index (χ2n) is 2.98. The van der Waals surface area contributed by atoms with Crippen LogP contribution in [0.2, 0.25) is 0 Å². The molecule has 0 fully saturated rings. The van der Waals surface area contributed by atoms with E-state index in [0.717, 1.165) is 0 Å². The molecule has 0 aromatic heterocycles. The van der Waals surface area contributed by atoms with Gasteiger partial charge in [0.05, 0.1) is 4.92 Å². The smallest absolute Gasteiger partial charge is 0.269 e. The molecule has 0 N–H and O–H groups in total. The SMILES string of the molecule is CC(S)([C]=O)c1cccc([N+](=O)[O-])c1. The maximum Gasteiger partial charge on any atom is 0.269 e. The monoisotopic (exact) mass is 210 g/mol. The van der Waals surface area contributed by atoms with Gasteiger partial charge in [0.2, 0.25) is 6.29 Å². The third kappa shape index (κ3) is 2.11. The van der Waals surface area contributed by atoms with E-state index in [0.29, 0.717) is 5.56 Å². The van der Waals surface area contributed by atoms with Gasteiger partial charge in [-0.1, -0.05) is 12.1 Å². The van der Waals surface area contributed by atoms with E-state index in [9.17, 15) is 14.9 Å². The van der Waals surface area contributed by atoms with Crippen LogP contribution in [0.25, 0.3) is 0 Å². The lowest BCUT2D eigenvalue weighted by Gasteiger charge is -2.14. The Morgan fingerprint density at radius 2 is 2.21 bits per heavy atom. The fourth-order valence-corrected chi connectivity index (χ4v) is 1.12. The number of carbonyl (C=O) groups excluding carboxylic acids is 1. The van der Waals surface area contributed by atoms with Crippen LogP contribution in [0, 0.1) is 10.1 Å². The van der Waals surface area contributed by atoms with Crippen molar-refractivity contribution < 1.29 is 9.72 Å².